The number of thioether (sulfide) groups is 1. The van der Waals surface area contributed by atoms with E-state index in [0.29, 0.717) is 6.07 Å². The van der Waals surface area contributed by atoms with Crippen molar-refractivity contribution in [2.24, 2.45) is 4.99 Å². The highest BCUT2D eigenvalue weighted by Gasteiger charge is 2.39. The molecule has 0 aliphatic rings. The molecule has 2 nitrogen and oxygen atoms in total. The van der Waals surface area contributed by atoms with Crippen LogP contribution in [0.2, 0.25) is 0 Å². The predicted octanol–water partition coefficient (Wildman–Crippen LogP) is 4.66. The number of aliphatic imine (C=N–C) groups is 1. The SMILES string of the molecule is O=[S@@](c1cc(N=C=S)cc(SC(F)(F)F)c1)C(F)(F)F. The first-order valence-corrected chi connectivity index (χ1v) is 6.88. The van der Waals surface area contributed by atoms with Crippen molar-refractivity contribution >= 4 is 45.6 Å². The zero-order chi connectivity index (χ0) is 15.6. The molecule has 0 amide bonds. The molecule has 11 heteroatoms. The van der Waals surface area contributed by atoms with Gasteiger partial charge in [-0.05, 0) is 42.2 Å². The molecule has 0 N–H and O–H groups in total. The fraction of sp³-hybridized carbons (Fsp3) is 0.222. The average molecular weight is 351 g/mol. The molecule has 0 saturated carbocycles. The average Bonchev–Trinajstić information content (AvgIpc) is 2.24. The van der Waals surface area contributed by atoms with Crippen LogP contribution in [0.25, 0.3) is 0 Å². The van der Waals surface area contributed by atoms with E-state index in [9.17, 15) is 30.6 Å². The van der Waals surface area contributed by atoms with Crippen molar-refractivity contribution in [2.75, 3.05) is 0 Å². The van der Waals surface area contributed by atoms with Crippen LogP contribution in [0.1, 0.15) is 0 Å². The van der Waals surface area contributed by atoms with Crippen LogP contribution in [0.4, 0.5) is 32.0 Å². The third kappa shape index (κ3) is 5.23. The van der Waals surface area contributed by atoms with Gasteiger partial charge >= 0.3 is 11.0 Å². The summed E-state index contributed by atoms with van der Waals surface area (Å²) in [5, 5.41) is 1.82. The Morgan fingerprint density at radius 3 is 2.20 bits per heavy atom. The lowest BCUT2D eigenvalue weighted by molar-refractivity contribution is -0.0385. The summed E-state index contributed by atoms with van der Waals surface area (Å²) in [5.74, 6) is 0. The Kier molecular flexibility index (Phi) is 5.36. The van der Waals surface area contributed by atoms with Crippen molar-refractivity contribution in [3.63, 3.8) is 0 Å². The number of hydrogen-bond acceptors (Lipinski definition) is 4. The quantitative estimate of drug-likeness (QED) is 0.343. The number of alkyl halides is 6. The molecule has 110 valence electrons. The molecule has 0 spiro atoms. The van der Waals surface area contributed by atoms with Crippen molar-refractivity contribution < 1.29 is 30.6 Å². The number of rotatable bonds is 3. The second kappa shape index (κ2) is 6.25. The maximum Gasteiger partial charge on any atom is 0.475 e. The molecule has 0 saturated heterocycles. The second-order valence-corrected chi connectivity index (χ2v) is 5.92. The van der Waals surface area contributed by atoms with Crippen LogP contribution in [-0.4, -0.2) is 20.4 Å². The summed E-state index contributed by atoms with van der Waals surface area (Å²) < 4.78 is 84.8. The van der Waals surface area contributed by atoms with Gasteiger partial charge < -0.3 is 0 Å². The van der Waals surface area contributed by atoms with Gasteiger partial charge in [0.15, 0.2) is 10.8 Å². The molecule has 1 atom stereocenters. The highest BCUT2D eigenvalue weighted by molar-refractivity contribution is 8.00. The van der Waals surface area contributed by atoms with E-state index in [1.54, 1.807) is 0 Å². The van der Waals surface area contributed by atoms with Crippen LogP contribution in [0, 0.1) is 0 Å². The minimum atomic E-state index is -5.08. The molecule has 1 rings (SSSR count). The zero-order valence-electron chi connectivity index (χ0n) is 9.08. The predicted molar refractivity (Wildman–Crippen MR) is 65.5 cm³/mol. The molecule has 0 aliphatic carbocycles. The van der Waals surface area contributed by atoms with Gasteiger partial charge in [0.2, 0.25) is 0 Å². The Labute approximate surface area is 120 Å². The molecule has 0 aliphatic heterocycles. The molecule has 20 heavy (non-hydrogen) atoms. The number of nitrogens with zero attached hydrogens (tertiary/aromatic N) is 1. The standard InChI is InChI=1S/C9H3F6NOS3/c10-8(11,12)19-6-1-5(16-4-18)2-7(3-6)20(17)9(13,14)15/h1-3H/t20-/m0/s1. The van der Waals surface area contributed by atoms with Crippen molar-refractivity contribution in [3.8, 4) is 0 Å². The largest absolute Gasteiger partial charge is 0.475 e. The summed E-state index contributed by atoms with van der Waals surface area (Å²) in [6.45, 7) is 0. The molecular weight excluding hydrogens is 348 g/mol. The Morgan fingerprint density at radius 1 is 1.15 bits per heavy atom. The highest BCUT2D eigenvalue weighted by Crippen LogP contribution is 2.40. The zero-order valence-corrected chi connectivity index (χ0v) is 11.5. The third-order valence-electron chi connectivity index (χ3n) is 1.70. The molecule has 1 aromatic rings. The summed E-state index contributed by atoms with van der Waals surface area (Å²) >= 11 is 3.59. The topological polar surface area (TPSA) is 29.4 Å². The van der Waals surface area contributed by atoms with E-state index in [4.69, 9.17) is 0 Å². The minimum absolute atomic E-state index is 0.290. The van der Waals surface area contributed by atoms with Crippen LogP contribution < -0.4 is 0 Å². The second-order valence-electron chi connectivity index (χ2n) is 3.13. The Bertz CT molecular complexity index is 576. The molecule has 0 radical (unpaired) electrons. The molecule has 0 aromatic heterocycles. The summed E-state index contributed by atoms with van der Waals surface area (Å²) in [4.78, 5) is 1.89. The van der Waals surface area contributed by atoms with Gasteiger partial charge in [-0.25, -0.2) is 4.21 Å². The van der Waals surface area contributed by atoms with Gasteiger partial charge in [0.05, 0.1) is 15.7 Å². The van der Waals surface area contributed by atoms with E-state index < -0.39 is 43.4 Å². The molecular formula is C9H3F6NOS3. The van der Waals surface area contributed by atoms with Crippen LogP contribution in [0.3, 0.4) is 0 Å². The Balaban J connectivity index is 3.31. The summed E-state index contributed by atoms with van der Waals surface area (Å²) in [5.41, 5.74) is -10.1. The number of isothiocyanates is 1. The van der Waals surface area contributed by atoms with Gasteiger partial charge in [-0.15, -0.1) is 0 Å². The Morgan fingerprint density at radius 2 is 1.75 bits per heavy atom. The molecule has 0 fully saturated rings. The maximum absolute atomic E-state index is 12.3. The van der Waals surface area contributed by atoms with E-state index in [1.165, 1.54) is 0 Å². The van der Waals surface area contributed by atoms with Crippen molar-refractivity contribution in [3.05, 3.63) is 18.2 Å². The fourth-order valence-electron chi connectivity index (χ4n) is 1.11. The smallest absolute Gasteiger partial charge is 0.245 e. The Hall–Kier alpha value is -0.900. The van der Waals surface area contributed by atoms with E-state index >= 15 is 0 Å². The monoisotopic (exact) mass is 351 g/mol. The van der Waals surface area contributed by atoms with Crippen molar-refractivity contribution in [1.82, 2.24) is 0 Å². The summed E-state index contributed by atoms with van der Waals surface area (Å²) in [6, 6.07) is 2.15. The first kappa shape index (κ1) is 17.2. The van der Waals surface area contributed by atoms with Gasteiger partial charge in [-0.3, -0.25) is 0 Å². The van der Waals surface area contributed by atoms with E-state index in [-0.39, 0.29) is 5.69 Å². The normalized spacial score (nSPS) is 13.7. The maximum atomic E-state index is 12.3. The van der Waals surface area contributed by atoms with E-state index in [1.807, 2.05) is 5.16 Å². The lowest BCUT2D eigenvalue weighted by Gasteiger charge is -2.10. The molecule has 0 unspecified atom stereocenters. The minimum Gasteiger partial charge on any atom is -0.245 e. The van der Waals surface area contributed by atoms with Gasteiger partial charge in [0.25, 0.3) is 0 Å². The molecule has 0 bridgehead atoms. The van der Waals surface area contributed by atoms with Crippen molar-refractivity contribution in [1.29, 1.82) is 0 Å². The van der Waals surface area contributed by atoms with Crippen molar-refractivity contribution in [2.45, 2.75) is 20.8 Å². The van der Waals surface area contributed by atoms with Crippen LogP contribution in [0.5, 0.6) is 0 Å². The molecule has 0 heterocycles. The molecule has 1 aromatic carbocycles. The van der Waals surface area contributed by atoms with Crippen LogP contribution in [-0.2, 0) is 10.8 Å². The number of thiocarbonyl (C=S) groups is 1. The van der Waals surface area contributed by atoms with Gasteiger partial charge in [-0.1, -0.05) is 0 Å². The first-order chi connectivity index (χ1) is 9.03. The van der Waals surface area contributed by atoms with Crippen LogP contribution in [0.15, 0.2) is 33.0 Å². The number of benzene rings is 1. The lowest BCUT2D eigenvalue weighted by Crippen LogP contribution is -2.16. The fourth-order valence-corrected chi connectivity index (χ4v) is 2.65. The summed E-state index contributed by atoms with van der Waals surface area (Å²) in [7, 11) is -3.46. The van der Waals surface area contributed by atoms with Gasteiger partial charge in [0.1, 0.15) is 0 Å². The van der Waals surface area contributed by atoms with Crippen LogP contribution >= 0.6 is 24.0 Å². The lowest BCUT2D eigenvalue weighted by atomic mass is 10.3. The number of hydrogen-bond donors (Lipinski definition) is 0. The van der Waals surface area contributed by atoms with E-state index in [2.05, 4.69) is 17.2 Å². The first-order valence-electron chi connectivity index (χ1n) is 4.50. The van der Waals surface area contributed by atoms with E-state index in [0.717, 1.165) is 12.1 Å². The third-order valence-corrected chi connectivity index (χ3v) is 3.58. The van der Waals surface area contributed by atoms with Gasteiger partial charge in [0, 0.05) is 4.90 Å². The summed E-state index contributed by atoms with van der Waals surface area (Å²) in [6.07, 6.45) is 0. The number of halogens is 6. The highest BCUT2D eigenvalue weighted by atomic mass is 32.2. The van der Waals surface area contributed by atoms with Gasteiger partial charge in [-0.2, -0.15) is 31.3 Å².